The molecule has 1 aliphatic heterocycles. The highest BCUT2D eigenvalue weighted by Gasteiger charge is 2.52. The number of nitrogens with two attached hydrogens (primary N) is 1. The Balaban J connectivity index is 2.27. The average molecular weight is 420 g/mol. The number of rotatable bonds is 6. The maximum atomic E-state index is 13.4. The zero-order valence-electron chi connectivity index (χ0n) is 13.6. The second-order valence-corrected chi connectivity index (χ2v) is 8.43. The zero-order valence-corrected chi connectivity index (χ0v) is 15.1. The van der Waals surface area contributed by atoms with Crippen LogP contribution < -0.4 is 10.6 Å². The summed E-state index contributed by atoms with van der Waals surface area (Å²) in [6.45, 7) is -1.60. The molecule has 0 saturated heterocycles. The standard InChI is InChI=1S/C16H13ClF3N3O3S/c17-11-5-6-22-15-14(11)27(26-8-12(19)20,10-3-1-9(18)2-4-10)16(25)23(15)7-13(21)24/h1-6,12H,7-8H2,(H2,21,24). The molecule has 0 fully saturated rings. The number of nitrogens with zero attached hydrogens (tertiary/aromatic N) is 2. The zero-order chi connectivity index (χ0) is 19.8. The predicted molar refractivity (Wildman–Crippen MR) is 93.7 cm³/mol. The third-order valence-corrected chi connectivity index (χ3v) is 7.22. The Morgan fingerprint density at radius 1 is 1.30 bits per heavy atom. The maximum absolute atomic E-state index is 13.4. The molecule has 0 radical (unpaired) electrons. The molecule has 6 nitrogen and oxygen atoms in total. The van der Waals surface area contributed by atoms with Crippen molar-refractivity contribution < 1.29 is 26.9 Å². The van der Waals surface area contributed by atoms with Gasteiger partial charge in [0.25, 0.3) is 6.43 Å². The van der Waals surface area contributed by atoms with Gasteiger partial charge < -0.3 is 9.92 Å². The van der Waals surface area contributed by atoms with Crippen molar-refractivity contribution in [2.45, 2.75) is 16.2 Å². The normalized spacial score (nSPS) is 21.2. The van der Waals surface area contributed by atoms with Crippen LogP contribution in [0.2, 0.25) is 5.02 Å². The molecule has 1 aromatic carbocycles. The summed E-state index contributed by atoms with van der Waals surface area (Å²) in [7, 11) is -3.28. The number of primary amides is 1. The Labute approximate surface area is 158 Å². The molecule has 1 atom stereocenters. The van der Waals surface area contributed by atoms with E-state index in [2.05, 4.69) is 4.98 Å². The molecule has 0 aliphatic carbocycles. The summed E-state index contributed by atoms with van der Waals surface area (Å²) in [6, 6.07) is 6.04. The van der Waals surface area contributed by atoms with E-state index in [1.807, 2.05) is 0 Å². The number of anilines is 1. The fourth-order valence-corrected chi connectivity index (χ4v) is 6.16. The molecule has 0 bridgehead atoms. The Kier molecular flexibility index (Phi) is 5.31. The number of benzene rings is 1. The number of aromatic nitrogens is 1. The second-order valence-electron chi connectivity index (χ2n) is 5.45. The number of pyridine rings is 1. The highest BCUT2D eigenvalue weighted by Crippen LogP contribution is 2.72. The summed E-state index contributed by atoms with van der Waals surface area (Å²) >= 11 is 6.26. The highest BCUT2D eigenvalue weighted by atomic mass is 35.5. The largest absolute Gasteiger partial charge is 0.368 e. The Bertz CT molecular complexity index is 900. The molecule has 2 N–H and O–H groups in total. The van der Waals surface area contributed by atoms with Crippen molar-refractivity contribution in [1.82, 2.24) is 4.98 Å². The minimum absolute atomic E-state index is 0.000101. The monoisotopic (exact) mass is 419 g/mol. The molecule has 2 heterocycles. The van der Waals surface area contributed by atoms with E-state index >= 15 is 0 Å². The first-order chi connectivity index (χ1) is 12.8. The fourth-order valence-electron chi connectivity index (χ4n) is 2.67. The maximum Gasteiger partial charge on any atom is 0.301 e. The summed E-state index contributed by atoms with van der Waals surface area (Å²) in [5.74, 6) is -1.42. The SMILES string of the molecule is NC(=O)CN1C(=O)S(OCC(F)F)(c2ccc(F)cc2)c2c(Cl)ccnc21. The van der Waals surface area contributed by atoms with Crippen LogP contribution in [0.25, 0.3) is 0 Å². The van der Waals surface area contributed by atoms with Gasteiger partial charge in [0.1, 0.15) is 19.0 Å². The van der Waals surface area contributed by atoms with Crippen molar-refractivity contribution in [3.05, 3.63) is 47.4 Å². The van der Waals surface area contributed by atoms with Crippen LogP contribution in [0, 0.1) is 5.82 Å². The number of alkyl halides is 2. The van der Waals surface area contributed by atoms with Crippen LogP contribution in [0.4, 0.5) is 23.8 Å². The van der Waals surface area contributed by atoms with E-state index in [0.29, 0.717) is 0 Å². The number of carbonyl (C=O) groups excluding carboxylic acids is 2. The quantitative estimate of drug-likeness (QED) is 0.773. The third kappa shape index (κ3) is 3.35. The van der Waals surface area contributed by atoms with E-state index in [4.69, 9.17) is 21.5 Å². The minimum atomic E-state index is -3.28. The number of hydrogen-bond donors (Lipinski definition) is 1. The lowest BCUT2D eigenvalue weighted by Crippen LogP contribution is -2.37. The molecular formula is C16H13ClF3N3O3S. The van der Waals surface area contributed by atoms with Crippen LogP contribution in [-0.4, -0.2) is 35.7 Å². The number of amides is 2. The molecule has 2 amide bonds. The van der Waals surface area contributed by atoms with Gasteiger partial charge in [0.05, 0.1) is 9.92 Å². The van der Waals surface area contributed by atoms with Crippen LogP contribution >= 0.6 is 21.9 Å². The average Bonchev–Trinajstić information content (AvgIpc) is 2.84. The molecule has 2 aromatic rings. The molecule has 144 valence electrons. The lowest BCUT2D eigenvalue weighted by atomic mass is 10.3. The van der Waals surface area contributed by atoms with Crippen molar-refractivity contribution in [3.63, 3.8) is 0 Å². The van der Waals surface area contributed by atoms with Crippen molar-refractivity contribution in [2.75, 3.05) is 18.1 Å². The number of halogens is 4. The summed E-state index contributed by atoms with van der Waals surface area (Å²) < 4.78 is 44.7. The van der Waals surface area contributed by atoms with E-state index in [1.54, 1.807) is 0 Å². The van der Waals surface area contributed by atoms with Gasteiger partial charge in [0.2, 0.25) is 5.91 Å². The lowest BCUT2D eigenvalue weighted by molar-refractivity contribution is -0.116. The van der Waals surface area contributed by atoms with E-state index in [-0.39, 0.29) is 20.6 Å². The van der Waals surface area contributed by atoms with Gasteiger partial charge in [-0.15, -0.1) is 0 Å². The first kappa shape index (κ1) is 19.5. The van der Waals surface area contributed by atoms with Gasteiger partial charge in [0.15, 0.2) is 5.82 Å². The molecule has 1 aromatic heterocycles. The number of fused-ring (bicyclic) bond motifs is 1. The first-order valence-electron chi connectivity index (χ1n) is 7.53. The molecule has 11 heteroatoms. The van der Waals surface area contributed by atoms with Gasteiger partial charge >= 0.3 is 5.24 Å². The smallest absolute Gasteiger partial charge is 0.301 e. The van der Waals surface area contributed by atoms with Crippen molar-refractivity contribution in [2.24, 2.45) is 5.73 Å². The summed E-state index contributed by atoms with van der Waals surface area (Å²) in [6.07, 6.45) is -1.57. The lowest BCUT2D eigenvalue weighted by Gasteiger charge is -2.34. The van der Waals surface area contributed by atoms with Crippen molar-refractivity contribution in [3.8, 4) is 0 Å². The molecule has 1 unspecified atom stereocenters. The molecule has 27 heavy (non-hydrogen) atoms. The van der Waals surface area contributed by atoms with E-state index < -0.39 is 46.8 Å². The number of carbonyl (C=O) groups is 2. The Hall–Kier alpha value is -2.30. The molecule has 0 spiro atoms. The van der Waals surface area contributed by atoms with Gasteiger partial charge in [-0.2, -0.15) is 0 Å². The molecule has 3 rings (SSSR count). The summed E-state index contributed by atoms with van der Waals surface area (Å²) in [4.78, 5) is 29.9. The van der Waals surface area contributed by atoms with Crippen LogP contribution in [0.1, 0.15) is 0 Å². The summed E-state index contributed by atoms with van der Waals surface area (Å²) in [5, 5.41) is -0.738. The van der Waals surface area contributed by atoms with Crippen LogP contribution in [-0.2, 0) is 8.98 Å². The van der Waals surface area contributed by atoms with Gasteiger partial charge in [-0.05, 0) is 30.3 Å². The van der Waals surface area contributed by atoms with Crippen LogP contribution in [0.5, 0.6) is 0 Å². The molecular weight excluding hydrogens is 407 g/mol. The third-order valence-electron chi connectivity index (χ3n) is 3.68. The van der Waals surface area contributed by atoms with Crippen LogP contribution in [0.15, 0.2) is 46.3 Å². The first-order valence-corrected chi connectivity index (χ1v) is 9.47. The van der Waals surface area contributed by atoms with Gasteiger partial charge in [-0.25, -0.2) is 18.2 Å². The van der Waals surface area contributed by atoms with Gasteiger partial charge in [-0.1, -0.05) is 11.6 Å². The fraction of sp³-hybridized carbons (Fsp3) is 0.188. The van der Waals surface area contributed by atoms with Crippen LogP contribution in [0.3, 0.4) is 0 Å². The van der Waals surface area contributed by atoms with Gasteiger partial charge in [-0.3, -0.25) is 14.5 Å². The second kappa shape index (κ2) is 7.37. The van der Waals surface area contributed by atoms with Crippen molar-refractivity contribution in [1.29, 1.82) is 0 Å². The topological polar surface area (TPSA) is 85.5 Å². The molecule has 0 saturated carbocycles. The number of hydrogen-bond acceptors (Lipinski definition) is 4. The summed E-state index contributed by atoms with van der Waals surface area (Å²) in [5.41, 5.74) is 5.20. The highest BCUT2D eigenvalue weighted by molar-refractivity contribution is 8.42. The minimum Gasteiger partial charge on any atom is -0.368 e. The van der Waals surface area contributed by atoms with E-state index in [9.17, 15) is 22.8 Å². The molecule has 1 aliphatic rings. The van der Waals surface area contributed by atoms with Crippen molar-refractivity contribution >= 4 is 38.9 Å². The predicted octanol–water partition coefficient (Wildman–Crippen LogP) is 3.72. The Morgan fingerprint density at radius 3 is 2.56 bits per heavy atom. The van der Waals surface area contributed by atoms with Gasteiger partial charge in [0, 0.05) is 21.4 Å². The van der Waals surface area contributed by atoms with E-state index in [1.165, 1.54) is 24.4 Å². The Morgan fingerprint density at radius 2 is 1.96 bits per heavy atom. The van der Waals surface area contributed by atoms with E-state index in [0.717, 1.165) is 17.0 Å².